The number of urea groups is 1. The molecule has 2 N–H and O–H groups in total. The fraction of sp³-hybridized carbons (Fsp3) is 0.458. The van der Waals surface area contributed by atoms with Gasteiger partial charge in [-0.3, -0.25) is 19.4 Å². The molecular formula is C24H30N4O4. The molecule has 2 heterocycles. The Morgan fingerprint density at radius 1 is 1.12 bits per heavy atom. The molecule has 1 unspecified atom stereocenters. The summed E-state index contributed by atoms with van der Waals surface area (Å²) in [6.07, 6.45) is 0. The van der Waals surface area contributed by atoms with Gasteiger partial charge >= 0.3 is 6.03 Å². The van der Waals surface area contributed by atoms with Crippen molar-refractivity contribution >= 4 is 28.6 Å². The number of imide groups is 1. The maximum atomic E-state index is 13.3. The lowest BCUT2D eigenvalue weighted by molar-refractivity contribution is -0.135. The average Bonchev–Trinajstić information content (AvgIpc) is 3.01. The molecule has 2 saturated heterocycles. The van der Waals surface area contributed by atoms with Gasteiger partial charge in [-0.25, -0.2) is 4.79 Å². The van der Waals surface area contributed by atoms with Crippen LogP contribution in [0.15, 0.2) is 42.5 Å². The van der Waals surface area contributed by atoms with Crippen LogP contribution in [0.5, 0.6) is 0 Å². The first-order chi connectivity index (χ1) is 15.2. The molecule has 0 aliphatic carbocycles. The summed E-state index contributed by atoms with van der Waals surface area (Å²) in [5.41, 5.74) is -0.773. The van der Waals surface area contributed by atoms with E-state index < -0.39 is 17.5 Å². The fourth-order valence-electron chi connectivity index (χ4n) is 4.48. The molecule has 0 saturated carbocycles. The van der Waals surface area contributed by atoms with E-state index in [1.165, 1.54) is 0 Å². The Balaban J connectivity index is 1.45. The van der Waals surface area contributed by atoms with Crippen LogP contribution in [0.1, 0.15) is 26.3 Å². The molecule has 0 spiro atoms. The van der Waals surface area contributed by atoms with Gasteiger partial charge in [0, 0.05) is 25.2 Å². The van der Waals surface area contributed by atoms with Crippen LogP contribution in [0.4, 0.5) is 4.79 Å². The zero-order valence-corrected chi connectivity index (χ0v) is 18.8. The van der Waals surface area contributed by atoms with Gasteiger partial charge in [-0.1, -0.05) is 42.5 Å². The summed E-state index contributed by atoms with van der Waals surface area (Å²) >= 11 is 0. The Hall–Kier alpha value is -2.97. The highest BCUT2D eigenvalue weighted by atomic mass is 16.5. The second kappa shape index (κ2) is 8.52. The van der Waals surface area contributed by atoms with Crippen molar-refractivity contribution in [2.45, 2.75) is 31.8 Å². The summed E-state index contributed by atoms with van der Waals surface area (Å²) in [5.74, 6) is -0.793. The smallest absolute Gasteiger partial charge is 0.325 e. The van der Waals surface area contributed by atoms with E-state index >= 15 is 0 Å². The molecule has 2 aliphatic rings. The van der Waals surface area contributed by atoms with Crippen LogP contribution in [-0.2, 0) is 19.9 Å². The third-order valence-electron chi connectivity index (χ3n) is 6.49. The van der Waals surface area contributed by atoms with Gasteiger partial charge in [0.1, 0.15) is 12.1 Å². The van der Waals surface area contributed by atoms with Crippen molar-refractivity contribution in [2.75, 3.05) is 39.4 Å². The first-order valence-corrected chi connectivity index (χ1v) is 10.9. The number of amides is 4. The normalized spacial score (nSPS) is 22.3. The highest BCUT2D eigenvalue weighted by Gasteiger charge is 2.50. The van der Waals surface area contributed by atoms with Gasteiger partial charge < -0.3 is 15.4 Å². The van der Waals surface area contributed by atoms with Crippen molar-refractivity contribution in [1.29, 1.82) is 0 Å². The van der Waals surface area contributed by atoms with Crippen molar-refractivity contribution in [3.8, 4) is 0 Å². The molecule has 0 aromatic heterocycles. The van der Waals surface area contributed by atoms with Crippen LogP contribution in [-0.4, -0.2) is 72.6 Å². The number of morpholine rings is 1. The zero-order valence-electron chi connectivity index (χ0n) is 18.8. The first-order valence-electron chi connectivity index (χ1n) is 10.9. The van der Waals surface area contributed by atoms with Gasteiger partial charge in [0.15, 0.2) is 0 Å². The Labute approximate surface area is 187 Å². The maximum Gasteiger partial charge on any atom is 0.325 e. The van der Waals surface area contributed by atoms with Crippen molar-refractivity contribution < 1.29 is 19.1 Å². The van der Waals surface area contributed by atoms with E-state index in [0.29, 0.717) is 25.3 Å². The molecular weight excluding hydrogens is 408 g/mol. The number of fused-ring (bicyclic) bond motifs is 1. The Bertz CT molecular complexity index is 1040. The topological polar surface area (TPSA) is 91.0 Å². The molecule has 2 aromatic carbocycles. The van der Waals surface area contributed by atoms with E-state index in [0.717, 1.165) is 28.8 Å². The number of carbonyl (C=O) groups is 3. The van der Waals surface area contributed by atoms with E-state index in [9.17, 15) is 14.4 Å². The molecule has 0 bridgehead atoms. The SMILES string of the molecule is CC1(c2cccc3ccccc23)NC(=O)N(CC(=O)NCC(C)(C)N2CCOCC2)C1=O. The van der Waals surface area contributed by atoms with Crippen LogP contribution in [0.25, 0.3) is 10.8 Å². The molecule has 8 heteroatoms. The maximum absolute atomic E-state index is 13.3. The standard InChI is InChI=1S/C24H30N4O4/c1-23(2,27-11-13-32-14-12-27)16-25-20(29)15-28-21(30)24(3,26-22(28)31)19-10-6-8-17-7-4-5-9-18(17)19/h4-10H,11-16H2,1-3H3,(H,25,29)(H,26,31). The molecule has 32 heavy (non-hydrogen) atoms. The average molecular weight is 439 g/mol. The van der Waals surface area contributed by atoms with E-state index in [2.05, 4.69) is 29.4 Å². The number of rotatable bonds is 6. The third-order valence-corrected chi connectivity index (χ3v) is 6.49. The number of ether oxygens (including phenoxy) is 1. The van der Waals surface area contributed by atoms with Crippen molar-refractivity contribution in [3.63, 3.8) is 0 Å². The summed E-state index contributed by atoms with van der Waals surface area (Å²) in [5, 5.41) is 7.57. The molecule has 2 fully saturated rings. The van der Waals surface area contributed by atoms with Crippen molar-refractivity contribution in [2.24, 2.45) is 0 Å². The monoisotopic (exact) mass is 438 g/mol. The van der Waals surface area contributed by atoms with E-state index in [1.807, 2.05) is 42.5 Å². The number of nitrogens with zero attached hydrogens (tertiary/aromatic N) is 2. The fourth-order valence-corrected chi connectivity index (χ4v) is 4.48. The van der Waals surface area contributed by atoms with Gasteiger partial charge in [-0.15, -0.1) is 0 Å². The predicted molar refractivity (Wildman–Crippen MR) is 121 cm³/mol. The van der Waals surface area contributed by atoms with E-state index in [-0.39, 0.29) is 18.0 Å². The molecule has 4 amide bonds. The lowest BCUT2D eigenvalue weighted by atomic mass is 9.88. The highest BCUT2D eigenvalue weighted by molar-refractivity contribution is 6.10. The van der Waals surface area contributed by atoms with Crippen molar-refractivity contribution in [3.05, 3.63) is 48.0 Å². The third kappa shape index (κ3) is 4.08. The Morgan fingerprint density at radius 3 is 2.56 bits per heavy atom. The van der Waals surface area contributed by atoms with E-state index in [1.54, 1.807) is 6.92 Å². The molecule has 2 aromatic rings. The Morgan fingerprint density at radius 2 is 1.81 bits per heavy atom. The summed E-state index contributed by atoms with van der Waals surface area (Å²) in [4.78, 5) is 41.9. The highest BCUT2D eigenvalue weighted by Crippen LogP contribution is 2.33. The van der Waals surface area contributed by atoms with Gasteiger partial charge in [0.2, 0.25) is 5.91 Å². The number of hydrogen-bond donors (Lipinski definition) is 2. The second-order valence-corrected chi connectivity index (χ2v) is 9.16. The minimum absolute atomic E-state index is 0.256. The summed E-state index contributed by atoms with van der Waals surface area (Å²) in [6, 6.07) is 12.8. The quantitative estimate of drug-likeness (QED) is 0.672. The minimum Gasteiger partial charge on any atom is -0.379 e. The predicted octanol–water partition coefficient (Wildman–Crippen LogP) is 1.83. The van der Waals surface area contributed by atoms with Gasteiger partial charge in [0.05, 0.1) is 13.2 Å². The van der Waals surface area contributed by atoms with Gasteiger partial charge in [0.25, 0.3) is 5.91 Å². The second-order valence-electron chi connectivity index (χ2n) is 9.16. The lowest BCUT2D eigenvalue weighted by Gasteiger charge is -2.40. The molecule has 0 radical (unpaired) electrons. The molecule has 1 atom stereocenters. The number of hydrogen-bond acceptors (Lipinski definition) is 5. The largest absolute Gasteiger partial charge is 0.379 e. The van der Waals surface area contributed by atoms with Crippen LogP contribution < -0.4 is 10.6 Å². The van der Waals surface area contributed by atoms with Crippen LogP contribution in [0.3, 0.4) is 0 Å². The zero-order chi connectivity index (χ0) is 22.9. The summed E-state index contributed by atoms with van der Waals surface area (Å²) < 4.78 is 5.40. The molecule has 170 valence electrons. The molecule has 2 aliphatic heterocycles. The molecule has 8 nitrogen and oxygen atoms in total. The lowest BCUT2D eigenvalue weighted by Crippen LogP contribution is -2.56. The summed E-state index contributed by atoms with van der Waals surface area (Å²) in [6.45, 7) is 8.86. The van der Waals surface area contributed by atoms with Crippen LogP contribution >= 0.6 is 0 Å². The number of carbonyl (C=O) groups excluding carboxylic acids is 3. The number of benzene rings is 2. The van der Waals surface area contributed by atoms with Gasteiger partial charge in [-0.2, -0.15) is 0 Å². The van der Waals surface area contributed by atoms with E-state index in [4.69, 9.17) is 4.74 Å². The van der Waals surface area contributed by atoms with Gasteiger partial charge in [-0.05, 0) is 37.1 Å². The first kappa shape index (κ1) is 22.2. The van der Waals surface area contributed by atoms with Crippen molar-refractivity contribution in [1.82, 2.24) is 20.4 Å². The summed E-state index contributed by atoms with van der Waals surface area (Å²) in [7, 11) is 0. The number of nitrogens with one attached hydrogen (secondary N) is 2. The van der Waals surface area contributed by atoms with Crippen LogP contribution in [0.2, 0.25) is 0 Å². The minimum atomic E-state index is -1.23. The Kier molecular flexibility index (Phi) is 5.92. The molecule has 4 rings (SSSR count). The van der Waals surface area contributed by atoms with Crippen LogP contribution in [0, 0.1) is 0 Å².